The molecule has 2 heterocycles. The summed E-state index contributed by atoms with van der Waals surface area (Å²) in [4.78, 5) is 117. The average Bonchev–Trinajstić information content (AvgIpc) is 2.97. The monoisotopic (exact) mass is 1140 g/mol. The molecule has 0 saturated carbocycles. The lowest BCUT2D eigenvalue weighted by Crippen LogP contribution is -2.59. The lowest BCUT2D eigenvalue weighted by molar-refractivity contribution is -0.144. The molecule has 5 aromatic rings. The molecule has 2 fully saturated rings. The largest absolute Gasteiger partial charge is 0.347 e. The van der Waals surface area contributed by atoms with Gasteiger partial charge in [0.05, 0.1) is 24.2 Å². The van der Waals surface area contributed by atoms with Crippen molar-refractivity contribution in [2.24, 2.45) is 10.8 Å². The zero-order chi connectivity index (χ0) is 61.2. The number of likely N-dealkylation sites (N-methyl/N-ethyl adjacent to an activating group) is 2. The van der Waals surface area contributed by atoms with Crippen molar-refractivity contribution in [2.75, 3.05) is 27.2 Å². The van der Waals surface area contributed by atoms with Crippen LogP contribution in [0, 0.1) is 24.7 Å². The van der Waals surface area contributed by atoms with Crippen LogP contribution in [0.2, 0.25) is 0 Å². The van der Waals surface area contributed by atoms with Crippen LogP contribution in [0.5, 0.6) is 0 Å². The van der Waals surface area contributed by atoms with Crippen molar-refractivity contribution in [2.45, 2.75) is 142 Å². The first kappa shape index (κ1) is 63.4. The molecule has 18 nitrogen and oxygen atoms in total. The number of hydrogen-bond donors (Lipinski definition) is 8. The van der Waals surface area contributed by atoms with Gasteiger partial charge in [-0.05, 0) is 112 Å². The predicted molar refractivity (Wildman–Crippen MR) is 324 cm³/mol. The maximum atomic E-state index is 14.8. The maximum Gasteiger partial charge on any atom is 0.251 e. The Kier molecular flexibility index (Phi) is 20.7. The molecule has 0 spiro atoms. The van der Waals surface area contributed by atoms with Crippen molar-refractivity contribution >= 4 is 47.3 Å². The molecule has 0 radical (unpaired) electrons. The topological polar surface area (TPSA) is 239 Å². The van der Waals surface area contributed by atoms with Crippen molar-refractivity contribution in [1.29, 1.82) is 0 Å². The molecular formula is C66H84N10O8. The summed E-state index contributed by atoms with van der Waals surface area (Å²) in [6, 6.07) is 32.8. The highest BCUT2D eigenvalue weighted by Gasteiger charge is 2.48. The van der Waals surface area contributed by atoms with Crippen LogP contribution in [0.25, 0.3) is 0 Å². The van der Waals surface area contributed by atoms with Gasteiger partial charge < -0.3 is 52.3 Å². The van der Waals surface area contributed by atoms with Crippen molar-refractivity contribution in [1.82, 2.24) is 52.3 Å². The van der Waals surface area contributed by atoms with Crippen LogP contribution in [0.4, 0.5) is 0 Å². The molecule has 446 valence electrons. The third kappa shape index (κ3) is 15.7. The summed E-state index contributed by atoms with van der Waals surface area (Å²) in [6.45, 7) is 18.3. The molecule has 2 aliphatic heterocycles. The maximum absolute atomic E-state index is 14.8. The quantitative estimate of drug-likeness (QED) is 0.0467. The molecule has 10 atom stereocenters. The number of hydrogen-bond acceptors (Lipinski definition) is 10. The summed E-state index contributed by atoms with van der Waals surface area (Å²) < 4.78 is 0. The Labute approximate surface area is 494 Å². The second kappa shape index (κ2) is 27.4. The number of carbonyl (C=O) groups excluding carboxylic acids is 8. The van der Waals surface area contributed by atoms with Crippen LogP contribution in [0.3, 0.4) is 0 Å². The Bertz CT molecular complexity index is 2920. The molecule has 84 heavy (non-hydrogen) atoms. The minimum absolute atomic E-state index is 0.0373. The summed E-state index contributed by atoms with van der Waals surface area (Å²) in [5.74, 6) is -3.61. The fourth-order valence-corrected chi connectivity index (χ4v) is 10.6. The van der Waals surface area contributed by atoms with Gasteiger partial charge in [0, 0.05) is 36.3 Å². The number of benzene rings is 5. The number of carbonyl (C=O) groups is 8. The van der Waals surface area contributed by atoms with Crippen LogP contribution in [-0.4, -0.2) is 133 Å². The second-order valence-corrected chi connectivity index (χ2v) is 24.6. The normalized spacial score (nSPS) is 19.1. The molecule has 10 unspecified atom stereocenters. The Balaban J connectivity index is 1.10. The second-order valence-electron chi connectivity index (χ2n) is 24.6. The predicted octanol–water partition coefficient (Wildman–Crippen LogP) is 5.79. The van der Waals surface area contributed by atoms with E-state index in [-0.39, 0.29) is 48.9 Å². The highest BCUT2D eigenvalue weighted by atomic mass is 16.2. The Hall–Kier alpha value is -8.22. The minimum Gasteiger partial charge on any atom is -0.347 e. The molecular weight excluding hydrogens is 1060 g/mol. The lowest BCUT2D eigenvalue weighted by atomic mass is 9.85. The molecule has 0 aromatic heterocycles. The Morgan fingerprint density at radius 1 is 0.440 bits per heavy atom. The van der Waals surface area contributed by atoms with Gasteiger partial charge in [-0.3, -0.25) is 38.4 Å². The molecule has 2 saturated heterocycles. The Morgan fingerprint density at radius 2 is 0.750 bits per heavy atom. The fraction of sp³-hybridized carbons (Fsp3) is 0.424. The summed E-state index contributed by atoms with van der Waals surface area (Å²) >= 11 is 0. The first-order chi connectivity index (χ1) is 39.8. The molecule has 7 rings (SSSR count). The van der Waals surface area contributed by atoms with E-state index in [0.29, 0.717) is 0 Å². The van der Waals surface area contributed by atoms with E-state index in [1.807, 2.05) is 165 Å². The molecule has 8 N–H and O–H groups in total. The van der Waals surface area contributed by atoms with E-state index in [9.17, 15) is 38.4 Å². The van der Waals surface area contributed by atoms with E-state index >= 15 is 0 Å². The first-order valence-electron chi connectivity index (χ1n) is 28.9. The van der Waals surface area contributed by atoms with E-state index in [0.717, 1.165) is 33.4 Å². The number of nitrogens with zero attached hydrogens (tertiary/aromatic N) is 2. The average molecular weight is 1150 g/mol. The van der Waals surface area contributed by atoms with Crippen molar-refractivity contribution in [3.8, 4) is 0 Å². The van der Waals surface area contributed by atoms with Gasteiger partial charge in [-0.1, -0.05) is 162 Å². The van der Waals surface area contributed by atoms with E-state index in [4.69, 9.17) is 0 Å². The van der Waals surface area contributed by atoms with Gasteiger partial charge in [0.15, 0.2) is 0 Å². The van der Waals surface area contributed by atoms with Crippen LogP contribution >= 0.6 is 0 Å². The molecule has 8 amide bonds. The van der Waals surface area contributed by atoms with Crippen LogP contribution < -0.4 is 42.5 Å². The highest BCUT2D eigenvalue weighted by molar-refractivity contribution is 5.99. The first-order valence-corrected chi connectivity index (χ1v) is 28.9. The summed E-state index contributed by atoms with van der Waals surface area (Å²) in [7, 11) is 3.29. The van der Waals surface area contributed by atoms with Crippen molar-refractivity contribution in [3.63, 3.8) is 0 Å². The van der Waals surface area contributed by atoms with Crippen LogP contribution in [0.15, 0.2) is 133 Å². The van der Waals surface area contributed by atoms with Crippen molar-refractivity contribution in [3.05, 3.63) is 178 Å². The van der Waals surface area contributed by atoms with E-state index in [2.05, 4.69) is 42.5 Å². The van der Waals surface area contributed by atoms with Gasteiger partial charge in [-0.2, -0.15) is 0 Å². The lowest BCUT2D eigenvalue weighted by Gasteiger charge is -2.36. The van der Waals surface area contributed by atoms with Crippen LogP contribution in [0.1, 0.15) is 134 Å². The van der Waals surface area contributed by atoms with Crippen LogP contribution in [-0.2, 0) is 28.8 Å². The van der Waals surface area contributed by atoms with Gasteiger partial charge in [0.25, 0.3) is 11.8 Å². The fourth-order valence-electron chi connectivity index (χ4n) is 10.6. The number of amides is 8. The van der Waals surface area contributed by atoms with Gasteiger partial charge in [-0.25, -0.2) is 0 Å². The molecule has 0 aliphatic carbocycles. The number of likely N-dealkylation sites (tertiary alicyclic amines) is 2. The third-order valence-corrected chi connectivity index (χ3v) is 16.0. The number of aryl methyl sites for hydroxylation is 2. The Morgan fingerprint density at radius 3 is 1.05 bits per heavy atom. The van der Waals surface area contributed by atoms with E-state index < -0.39 is 107 Å². The van der Waals surface area contributed by atoms with Gasteiger partial charge >= 0.3 is 0 Å². The zero-order valence-corrected chi connectivity index (χ0v) is 50.5. The van der Waals surface area contributed by atoms with Gasteiger partial charge in [0.1, 0.15) is 24.2 Å². The smallest absolute Gasteiger partial charge is 0.251 e. The van der Waals surface area contributed by atoms with E-state index in [1.165, 1.54) is 34.1 Å². The molecule has 2 aliphatic rings. The molecule has 0 bridgehead atoms. The SMILES string of the molecule is CNC(C)C(=O)NC(C(=O)N1CC(NC(=O)c2ccc(C(=O)NC3CC(C(=O)NC(c4ccccc4)c4ccc(C)cc4)N(C(=O)C(NC(=O)C(C)NC)C(C)(C)C)C3)cc2)CC1C(=O)NC(c1ccccc1)c1ccc(C)cc1)C(C)(C)C. The van der Waals surface area contributed by atoms with Gasteiger partial charge in [0.2, 0.25) is 35.4 Å². The molecule has 5 aromatic carbocycles. The minimum atomic E-state index is -1.04. The molecule has 18 heteroatoms. The zero-order valence-electron chi connectivity index (χ0n) is 50.5. The number of rotatable bonds is 20. The van der Waals surface area contributed by atoms with Crippen molar-refractivity contribution < 1.29 is 38.4 Å². The number of nitrogens with one attached hydrogen (secondary N) is 8. The standard InChI is InChI=1S/C66H84N10O8/c1-39-23-27-45(28-24-39)53(43-19-15-13-16-20-43)71-61(81)51-35-49(37-75(51)63(83)55(65(5,6)7)73-57(77)41(3)67-11)69-59(79)47-31-33-48(34-32-47)60(80)70-50-36-52(76(38-50)64(84)56(66(8,9)10)74-58(78)42(4)68-12)62(82)72-54(44-21-17-14-18-22-44)46-29-25-40(2)26-30-46/h13-34,41-42,49-56,67-68H,35-38H2,1-12H3,(H,69,79)(H,70,80)(H,71,81)(H,72,82)(H,73,77)(H,74,78). The summed E-state index contributed by atoms with van der Waals surface area (Å²) in [6.07, 6.45) is 0.126. The highest BCUT2D eigenvalue weighted by Crippen LogP contribution is 2.31. The third-order valence-electron chi connectivity index (χ3n) is 16.0. The van der Waals surface area contributed by atoms with E-state index in [1.54, 1.807) is 27.9 Å². The summed E-state index contributed by atoms with van der Waals surface area (Å²) in [5, 5.41) is 24.2. The van der Waals surface area contributed by atoms with Gasteiger partial charge in [-0.15, -0.1) is 0 Å². The summed E-state index contributed by atoms with van der Waals surface area (Å²) in [5.41, 5.74) is 4.30.